The van der Waals surface area contributed by atoms with E-state index in [4.69, 9.17) is 4.74 Å². The van der Waals surface area contributed by atoms with E-state index < -0.39 is 6.10 Å². The third-order valence-corrected chi connectivity index (χ3v) is 5.21. The Morgan fingerprint density at radius 2 is 1.96 bits per heavy atom. The van der Waals surface area contributed by atoms with Gasteiger partial charge in [-0.2, -0.15) is 0 Å². The summed E-state index contributed by atoms with van der Waals surface area (Å²) in [6.45, 7) is 2.60. The molecule has 1 atom stereocenters. The zero-order valence-electron chi connectivity index (χ0n) is 15.8. The molecule has 28 heavy (non-hydrogen) atoms. The van der Waals surface area contributed by atoms with Crippen molar-refractivity contribution < 1.29 is 14.3 Å². The molecule has 2 aliphatic rings. The summed E-state index contributed by atoms with van der Waals surface area (Å²) in [5.74, 6) is -0.0495. The number of amides is 2. The highest BCUT2D eigenvalue weighted by molar-refractivity contribution is 5.96. The minimum Gasteiger partial charge on any atom is -0.366 e. The average molecular weight is 379 g/mol. The van der Waals surface area contributed by atoms with Crippen LogP contribution in [0.1, 0.15) is 17.5 Å². The quantitative estimate of drug-likeness (QED) is 0.854. The molecule has 2 aromatic rings. The lowest BCUT2D eigenvalue weighted by Gasteiger charge is -2.29. The fourth-order valence-corrected chi connectivity index (χ4v) is 3.73. The van der Waals surface area contributed by atoms with E-state index in [1.54, 1.807) is 0 Å². The molecule has 0 bridgehead atoms. The first-order valence-corrected chi connectivity index (χ1v) is 9.81. The van der Waals surface area contributed by atoms with Crippen molar-refractivity contribution in [2.45, 2.75) is 25.4 Å². The van der Waals surface area contributed by atoms with Crippen LogP contribution in [0.3, 0.4) is 0 Å². The van der Waals surface area contributed by atoms with Crippen LogP contribution in [0, 0.1) is 0 Å². The molecule has 0 aliphatic carbocycles. The molecule has 2 amide bonds. The van der Waals surface area contributed by atoms with Gasteiger partial charge in [0.25, 0.3) is 5.91 Å². The third-order valence-electron chi connectivity index (χ3n) is 5.21. The number of nitrogens with zero attached hydrogens (tertiary/aromatic N) is 1. The molecule has 4 rings (SSSR count). The molecule has 6 heteroatoms. The minimum atomic E-state index is -0.464. The second kappa shape index (κ2) is 8.54. The lowest BCUT2D eigenvalue weighted by Crippen LogP contribution is -2.45. The summed E-state index contributed by atoms with van der Waals surface area (Å²) >= 11 is 0. The number of morpholine rings is 1. The van der Waals surface area contributed by atoms with Crippen LogP contribution >= 0.6 is 0 Å². The number of rotatable bonds is 4. The van der Waals surface area contributed by atoms with Crippen molar-refractivity contribution in [3.8, 4) is 0 Å². The Kier molecular flexibility index (Phi) is 5.69. The number of hydrogen-bond donors (Lipinski definition) is 2. The van der Waals surface area contributed by atoms with Crippen molar-refractivity contribution in [2.24, 2.45) is 0 Å². The van der Waals surface area contributed by atoms with Gasteiger partial charge in [0.05, 0.1) is 13.0 Å². The van der Waals surface area contributed by atoms with Crippen molar-refractivity contribution in [3.05, 3.63) is 59.7 Å². The fourth-order valence-electron chi connectivity index (χ4n) is 3.73. The topological polar surface area (TPSA) is 70.7 Å². The number of para-hydroxylation sites is 1. The van der Waals surface area contributed by atoms with Gasteiger partial charge in [-0.15, -0.1) is 0 Å². The van der Waals surface area contributed by atoms with Crippen LogP contribution < -0.4 is 15.5 Å². The Morgan fingerprint density at radius 3 is 2.75 bits per heavy atom. The van der Waals surface area contributed by atoms with E-state index in [2.05, 4.69) is 16.7 Å². The number of carbonyl (C=O) groups is 2. The summed E-state index contributed by atoms with van der Waals surface area (Å²) in [6.07, 6.45) is 1.90. The number of hydrogen-bond acceptors (Lipinski definition) is 4. The Bertz CT molecular complexity index is 844. The first kappa shape index (κ1) is 18.7. The minimum absolute atomic E-state index is 0.102. The van der Waals surface area contributed by atoms with Gasteiger partial charge < -0.3 is 20.3 Å². The first-order chi connectivity index (χ1) is 13.7. The maximum atomic E-state index is 12.8. The smallest absolute Gasteiger partial charge is 0.254 e. The number of aryl methyl sites for hydroxylation is 1. The van der Waals surface area contributed by atoms with E-state index in [-0.39, 0.29) is 11.8 Å². The number of anilines is 2. The second-order valence-electron chi connectivity index (χ2n) is 7.20. The van der Waals surface area contributed by atoms with Crippen LogP contribution in [0.2, 0.25) is 0 Å². The Morgan fingerprint density at radius 1 is 1.14 bits per heavy atom. The van der Waals surface area contributed by atoms with Crippen molar-refractivity contribution in [1.29, 1.82) is 0 Å². The molecule has 0 spiro atoms. The van der Waals surface area contributed by atoms with Gasteiger partial charge in [-0.05, 0) is 42.2 Å². The van der Waals surface area contributed by atoms with Crippen LogP contribution in [-0.2, 0) is 27.2 Å². The summed E-state index contributed by atoms with van der Waals surface area (Å²) < 4.78 is 5.46. The molecular weight excluding hydrogens is 354 g/mol. The largest absolute Gasteiger partial charge is 0.366 e. The molecule has 0 radical (unpaired) electrons. The van der Waals surface area contributed by atoms with Crippen molar-refractivity contribution in [3.63, 3.8) is 0 Å². The van der Waals surface area contributed by atoms with Gasteiger partial charge in [-0.1, -0.05) is 30.3 Å². The number of nitrogens with one attached hydrogen (secondary N) is 2. The van der Waals surface area contributed by atoms with E-state index in [1.807, 2.05) is 47.4 Å². The maximum absolute atomic E-state index is 12.8. The van der Waals surface area contributed by atoms with Crippen molar-refractivity contribution >= 4 is 23.2 Å². The molecule has 1 saturated heterocycles. The van der Waals surface area contributed by atoms with E-state index >= 15 is 0 Å². The zero-order valence-corrected chi connectivity index (χ0v) is 15.8. The van der Waals surface area contributed by atoms with Gasteiger partial charge in [0, 0.05) is 31.0 Å². The molecule has 1 fully saturated rings. The maximum Gasteiger partial charge on any atom is 0.254 e. The van der Waals surface area contributed by atoms with Crippen molar-refractivity contribution in [2.75, 3.05) is 36.5 Å². The van der Waals surface area contributed by atoms with Gasteiger partial charge in [-0.3, -0.25) is 9.59 Å². The molecule has 2 aliphatic heterocycles. The molecule has 2 aromatic carbocycles. The van der Waals surface area contributed by atoms with E-state index in [9.17, 15) is 9.59 Å². The summed E-state index contributed by atoms with van der Waals surface area (Å²) in [6, 6.07) is 15.6. The highest BCUT2D eigenvalue weighted by atomic mass is 16.5. The predicted octanol–water partition coefficient (Wildman–Crippen LogP) is 2.14. The molecule has 146 valence electrons. The van der Waals surface area contributed by atoms with Gasteiger partial charge in [-0.25, -0.2) is 0 Å². The summed E-state index contributed by atoms with van der Waals surface area (Å²) in [5.41, 5.74) is 3.91. The highest BCUT2D eigenvalue weighted by Gasteiger charge is 2.23. The zero-order chi connectivity index (χ0) is 19.3. The SMILES string of the molecule is O=C(Nc1ccc(CC(=O)N2CCCc3ccccc32)cc1)C1CNCCO1. The van der Waals surface area contributed by atoms with Gasteiger partial charge in [0.15, 0.2) is 0 Å². The molecule has 1 unspecified atom stereocenters. The van der Waals surface area contributed by atoms with E-state index in [0.29, 0.717) is 25.3 Å². The molecule has 0 aromatic heterocycles. The Labute approximate surface area is 164 Å². The number of carbonyl (C=O) groups excluding carboxylic acids is 2. The van der Waals surface area contributed by atoms with Crippen LogP contribution in [0.5, 0.6) is 0 Å². The summed E-state index contributed by atoms with van der Waals surface area (Å²) in [5, 5.41) is 6.01. The molecule has 0 saturated carbocycles. The molecular formula is C22H25N3O3. The van der Waals surface area contributed by atoms with Crippen LogP contribution in [0.25, 0.3) is 0 Å². The van der Waals surface area contributed by atoms with Crippen LogP contribution in [0.15, 0.2) is 48.5 Å². The Balaban J connectivity index is 1.37. The van der Waals surface area contributed by atoms with Gasteiger partial charge >= 0.3 is 0 Å². The van der Waals surface area contributed by atoms with Crippen molar-refractivity contribution in [1.82, 2.24) is 5.32 Å². The molecule has 2 N–H and O–H groups in total. The Hall–Kier alpha value is -2.70. The van der Waals surface area contributed by atoms with Crippen LogP contribution in [-0.4, -0.2) is 44.2 Å². The summed E-state index contributed by atoms with van der Waals surface area (Å²) in [7, 11) is 0. The second-order valence-corrected chi connectivity index (χ2v) is 7.20. The van der Waals surface area contributed by atoms with Crippen LogP contribution in [0.4, 0.5) is 11.4 Å². The van der Waals surface area contributed by atoms with Gasteiger partial charge in [0.2, 0.25) is 5.91 Å². The lowest BCUT2D eigenvalue weighted by molar-refractivity contribution is -0.128. The standard InChI is InChI=1S/C22H25N3O3/c26-21(25-12-3-5-17-4-1-2-6-19(17)25)14-16-7-9-18(10-8-16)24-22(27)20-15-23-11-13-28-20/h1-2,4,6-10,20,23H,3,5,11-15H2,(H,24,27). The number of benzene rings is 2. The third kappa shape index (κ3) is 4.24. The van der Waals surface area contributed by atoms with Gasteiger partial charge in [0.1, 0.15) is 6.10 Å². The number of ether oxygens (including phenoxy) is 1. The van der Waals surface area contributed by atoms with E-state index in [0.717, 1.165) is 37.2 Å². The normalized spacial score (nSPS) is 19.0. The lowest BCUT2D eigenvalue weighted by atomic mass is 10.0. The van der Waals surface area contributed by atoms with E-state index in [1.165, 1.54) is 5.56 Å². The molecule has 2 heterocycles. The average Bonchev–Trinajstić information content (AvgIpc) is 2.75. The number of fused-ring (bicyclic) bond motifs is 1. The predicted molar refractivity (Wildman–Crippen MR) is 109 cm³/mol. The first-order valence-electron chi connectivity index (χ1n) is 9.81. The monoisotopic (exact) mass is 379 g/mol. The highest BCUT2D eigenvalue weighted by Crippen LogP contribution is 2.27. The fraction of sp³-hybridized carbons (Fsp3) is 0.364. The summed E-state index contributed by atoms with van der Waals surface area (Å²) in [4.78, 5) is 26.9. The molecule has 6 nitrogen and oxygen atoms in total.